The van der Waals surface area contributed by atoms with Crippen molar-refractivity contribution in [3.05, 3.63) is 131 Å². The molecular formula is C35H39N3O4S. The molecule has 0 saturated heterocycles. The van der Waals surface area contributed by atoms with Gasteiger partial charge in [0.15, 0.2) is 0 Å². The maximum atomic E-state index is 14.5. The lowest BCUT2D eigenvalue weighted by atomic mass is 10.0. The molecule has 1 atom stereocenters. The van der Waals surface area contributed by atoms with Crippen LogP contribution < -0.4 is 9.62 Å². The molecule has 0 unspecified atom stereocenters. The third kappa shape index (κ3) is 7.90. The molecule has 1 N–H and O–H groups in total. The summed E-state index contributed by atoms with van der Waals surface area (Å²) in [7, 11) is -4.12. The van der Waals surface area contributed by atoms with E-state index in [0.717, 1.165) is 22.3 Å². The lowest BCUT2D eigenvalue weighted by Crippen LogP contribution is -2.53. The third-order valence-electron chi connectivity index (χ3n) is 7.31. The van der Waals surface area contributed by atoms with Gasteiger partial charge < -0.3 is 10.2 Å². The molecule has 43 heavy (non-hydrogen) atoms. The van der Waals surface area contributed by atoms with Crippen molar-refractivity contribution >= 4 is 27.5 Å². The highest BCUT2D eigenvalue weighted by Crippen LogP contribution is 2.28. The zero-order chi connectivity index (χ0) is 30.8. The maximum absolute atomic E-state index is 14.5. The molecule has 0 aliphatic rings. The number of sulfonamides is 1. The monoisotopic (exact) mass is 597 g/mol. The fraction of sp³-hybridized carbons (Fsp3) is 0.257. The number of nitrogens with one attached hydrogen (secondary N) is 1. The van der Waals surface area contributed by atoms with Crippen molar-refractivity contribution in [1.29, 1.82) is 0 Å². The third-order valence-corrected chi connectivity index (χ3v) is 9.08. The van der Waals surface area contributed by atoms with Crippen LogP contribution in [0.1, 0.15) is 36.1 Å². The number of aryl methyl sites for hydroxylation is 2. The molecule has 0 heterocycles. The van der Waals surface area contributed by atoms with Gasteiger partial charge in [-0.25, -0.2) is 8.42 Å². The van der Waals surface area contributed by atoms with Crippen molar-refractivity contribution in [2.24, 2.45) is 0 Å². The molecular weight excluding hydrogens is 558 g/mol. The Kier molecular flexibility index (Phi) is 10.7. The van der Waals surface area contributed by atoms with Gasteiger partial charge in [0.05, 0.1) is 10.6 Å². The summed E-state index contributed by atoms with van der Waals surface area (Å²) < 4.78 is 29.5. The lowest BCUT2D eigenvalue weighted by molar-refractivity contribution is -0.140. The van der Waals surface area contributed by atoms with Gasteiger partial charge in [0.25, 0.3) is 10.0 Å². The number of hydrogen-bond donors (Lipinski definition) is 1. The van der Waals surface area contributed by atoms with Gasteiger partial charge in [-0.15, -0.1) is 0 Å². The predicted octanol–water partition coefficient (Wildman–Crippen LogP) is 5.53. The summed E-state index contributed by atoms with van der Waals surface area (Å²) in [4.78, 5) is 29.7. The maximum Gasteiger partial charge on any atom is 0.264 e. The van der Waals surface area contributed by atoms with Crippen LogP contribution in [0.2, 0.25) is 0 Å². The van der Waals surface area contributed by atoms with E-state index in [9.17, 15) is 18.0 Å². The first-order chi connectivity index (χ1) is 20.7. The van der Waals surface area contributed by atoms with Crippen molar-refractivity contribution in [3.8, 4) is 0 Å². The molecule has 4 aromatic rings. The van der Waals surface area contributed by atoms with Crippen molar-refractivity contribution in [2.75, 3.05) is 17.4 Å². The number of anilines is 1. The fourth-order valence-electron chi connectivity index (χ4n) is 5.14. The highest BCUT2D eigenvalue weighted by atomic mass is 32.2. The summed E-state index contributed by atoms with van der Waals surface area (Å²) in [6.07, 6.45) is 0.856. The smallest absolute Gasteiger partial charge is 0.264 e. The van der Waals surface area contributed by atoms with Gasteiger partial charge in [-0.3, -0.25) is 13.9 Å². The van der Waals surface area contributed by atoms with E-state index in [1.807, 2.05) is 87.5 Å². The topological polar surface area (TPSA) is 86.8 Å². The number of likely N-dealkylation sites (N-methyl/N-ethyl adjacent to an activating group) is 1. The average Bonchev–Trinajstić information content (AvgIpc) is 3.02. The molecule has 4 rings (SSSR count). The van der Waals surface area contributed by atoms with Crippen LogP contribution in [0, 0.1) is 6.92 Å². The van der Waals surface area contributed by atoms with Gasteiger partial charge in [0, 0.05) is 19.5 Å². The minimum Gasteiger partial charge on any atom is -0.355 e. The lowest BCUT2D eigenvalue weighted by Gasteiger charge is -2.34. The van der Waals surface area contributed by atoms with E-state index >= 15 is 0 Å². The zero-order valence-corrected chi connectivity index (χ0v) is 25.8. The van der Waals surface area contributed by atoms with Crippen LogP contribution in [-0.4, -0.2) is 44.3 Å². The quantitative estimate of drug-likeness (QED) is 0.220. The van der Waals surface area contributed by atoms with Crippen LogP contribution in [0.5, 0.6) is 0 Å². The average molecular weight is 598 g/mol. The van der Waals surface area contributed by atoms with Crippen LogP contribution in [0.15, 0.2) is 114 Å². The first-order valence-electron chi connectivity index (χ1n) is 14.6. The standard InChI is InChI=1S/C35H39N3O4S/c1-4-30-19-12-13-22-32(30)38(43(41,42)31-20-10-7-11-21-31)26-34(39)37(25-29-18-14-15-27(3)23-29)33(35(40)36-5-2)24-28-16-8-6-9-17-28/h6-23,33H,4-5,24-26H2,1-3H3,(H,36,40)/t33-/m0/s1. The van der Waals surface area contributed by atoms with Gasteiger partial charge in [0.2, 0.25) is 11.8 Å². The molecule has 0 saturated carbocycles. The van der Waals surface area contributed by atoms with Crippen LogP contribution in [0.4, 0.5) is 5.69 Å². The number of benzene rings is 4. The molecule has 0 radical (unpaired) electrons. The summed E-state index contributed by atoms with van der Waals surface area (Å²) in [6, 6.07) is 31.8. The summed E-state index contributed by atoms with van der Waals surface area (Å²) >= 11 is 0. The highest BCUT2D eigenvalue weighted by molar-refractivity contribution is 7.92. The number of rotatable bonds is 13. The van der Waals surface area contributed by atoms with Gasteiger partial charge in [-0.2, -0.15) is 0 Å². The van der Waals surface area contributed by atoms with E-state index in [-0.39, 0.29) is 23.8 Å². The Morgan fingerprint density at radius 3 is 2.07 bits per heavy atom. The van der Waals surface area contributed by atoms with Gasteiger partial charge in [-0.05, 0) is 55.2 Å². The van der Waals surface area contributed by atoms with Gasteiger partial charge >= 0.3 is 0 Å². The second-order valence-corrected chi connectivity index (χ2v) is 12.3. The van der Waals surface area contributed by atoms with E-state index in [0.29, 0.717) is 18.7 Å². The van der Waals surface area contributed by atoms with Crippen LogP contribution >= 0.6 is 0 Å². The summed E-state index contributed by atoms with van der Waals surface area (Å²) in [5.74, 6) is -0.766. The number of nitrogens with zero attached hydrogens (tertiary/aromatic N) is 2. The van der Waals surface area contributed by atoms with Crippen LogP contribution in [0.3, 0.4) is 0 Å². The molecule has 4 aromatic carbocycles. The summed E-state index contributed by atoms with van der Waals surface area (Å²) in [5.41, 5.74) is 4.00. The Morgan fingerprint density at radius 2 is 1.42 bits per heavy atom. The molecule has 2 amide bonds. The van der Waals surface area contributed by atoms with E-state index in [1.54, 1.807) is 30.3 Å². The molecule has 0 aliphatic heterocycles. The van der Waals surface area contributed by atoms with Crippen molar-refractivity contribution in [3.63, 3.8) is 0 Å². The van der Waals surface area contributed by atoms with Crippen molar-refractivity contribution in [1.82, 2.24) is 10.2 Å². The van der Waals surface area contributed by atoms with E-state index in [1.165, 1.54) is 21.3 Å². The Labute approximate surface area is 255 Å². The fourth-order valence-corrected chi connectivity index (χ4v) is 6.61. The number of carbonyl (C=O) groups excluding carboxylic acids is 2. The number of carbonyl (C=O) groups is 2. The van der Waals surface area contributed by atoms with E-state index in [2.05, 4.69) is 5.32 Å². The Balaban J connectivity index is 1.82. The second-order valence-electron chi connectivity index (χ2n) is 10.4. The zero-order valence-electron chi connectivity index (χ0n) is 24.9. The van der Waals surface area contributed by atoms with Crippen molar-refractivity contribution < 1.29 is 18.0 Å². The van der Waals surface area contributed by atoms with Crippen molar-refractivity contribution in [2.45, 2.75) is 51.1 Å². The minimum absolute atomic E-state index is 0.0866. The predicted molar refractivity (Wildman–Crippen MR) is 171 cm³/mol. The highest BCUT2D eigenvalue weighted by Gasteiger charge is 2.35. The number of hydrogen-bond acceptors (Lipinski definition) is 4. The van der Waals surface area contributed by atoms with Crippen LogP contribution in [0.25, 0.3) is 0 Å². The number of amides is 2. The van der Waals surface area contributed by atoms with Gasteiger partial charge in [0.1, 0.15) is 12.6 Å². The molecule has 0 aromatic heterocycles. The molecule has 8 heteroatoms. The first-order valence-corrected chi connectivity index (χ1v) is 16.0. The largest absolute Gasteiger partial charge is 0.355 e. The Hall–Kier alpha value is -4.43. The Bertz CT molecular complexity index is 1630. The summed E-state index contributed by atoms with van der Waals surface area (Å²) in [6.45, 7) is 5.82. The molecule has 7 nitrogen and oxygen atoms in total. The molecule has 0 aliphatic carbocycles. The normalized spacial score (nSPS) is 11.9. The molecule has 0 bridgehead atoms. The summed E-state index contributed by atoms with van der Waals surface area (Å²) in [5, 5.41) is 2.89. The van der Waals surface area contributed by atoms with E-state index < -0.39 is 28.5 Å². The molecule has 0 spiro atoms. The molecule has 224 valence electrons. The van der Waals surface area contributed by atoms with Gasteiger partial charge in [-0.1, -0.05) is 103 Å². The second kappa shape index (κ2) is 14.6. The SMILES string of the molecule is CCNC(=O)[C@H](Cc1ccccc1)N(Cc1cccc(C)c1)C(=O)CN(c1ccccc1CC)S(=O)(=O)c1ccccc1. The number of para-hydroxylation sites is 1. The Morgan fingerprint density at radius 1 is 0.791 bits per heavy atom. The molecule has 0 fully saturated rings. The van der Waals surface area contributed by atoms with Crippen LogP contribution in [-0.2, 0) is 39.0 Å². The minimum atomic E-state index is -4.12. The van der Waals surface area contributed by atoms with E-state index in [4.69, 9.17) is 0 Å². The first kappa shape index (κ1) is 31.5.